The quantitative estimate of drug-likeness (QED) is 0.802. The lowest BCUT2D eigenvalue weighted by Gasteiger charge is -2.44. The Hall–Kier alpha value is -0.0800. The average molecular weight is 255 g/mol. The van der Waals surface area contributed by atoms with Crippen LogP contribution in [0.4, 0.5) is 0 Å². The van der Waals surface area contributed by atoms with E-state index in [1.54, 1.807) is 0 Å². The second-order valence-electron chi connectivity index (χ2n) is 7.29. The van der Waals surface area contributed by atoms with Gasteiger partial charge in [-0.15, -0.1) is 0 Å². The molecular weight excluding hydrogens is 222 g/mol. The molecule has 1 saturated carbocycles. The molecule has 108 valence electrons. The summed E-state index contributed by atoms with van der Waals surface area (Å²) in [6, 6.07) is 0.544. The lowest BCUT2D eigenvalue weighted by atomic mass is 9.68. The van der Waals surface area contributed by atoms with Crippen molar-refractivity contribution < 1.29 is 4.74 Å². The van der Waals surface area contributed by atoms with E-state index in [0.29, 0.717) is 11.5 Å². The van der Waals surface area contributed by atoms with Gasteiger partial charge in [-0.2, -0.15) is 0 Å². The molecule has 0 aliphatic heterocycles. The number of hydrogen-bond donors (Lipinski definition) is 1. The zero-order valence-corrected chi connectivity index (χ0v) is 13.3. The SMILES string of the molecule is CCOC1(CNC(C)C)CCC(C(C)(C)C)CC1. The Morgan fingerprint density at radius 1 is 1.22 bits per heavy atom. The Bertz CT molecular complexity index is 234. The Labute approximate surface area is 114 Å². The molecule has 0 spiro atoms. The van der Waals surface area contributed by atoms with Gasteiger partial charge in [-0.1, -0.05) is 34.6 Å². The Morgan fingerprint density at radius 3 is 2.17 bits per heavy atom. The highest BCUT2D eigenvalue weighted by atomic mass is 16.5. The van der Waals surface area contributed by atoms with Gasteiger partial charge in [0.25, 0.3) is 0 Å². The summed E-state index contributed by atoms with van der Waals surface area (Å²) in [5, 5.41) is 3.57. The van der Waals surface area contributed by atoms with E-state index in [2.05, 4.69) is 46.9 Å². The summed E-state index contributed by atoms with van der Waals surface area (Å²) in [4.78, 5) is 0. The van der Waals surface area contributed by atoms with E-state index >= 15 is 0 Å². The van der Waals surface area contributed by atoms with Crippen LogP contribution < -0.4 is 5.32 Å². The van der Waals surface area contributed by atoms with E-state index in [1.807, 2.05) is 0 Å². The second-order valence-corrected chi connectivity index (χ2v) is 7.29. The van der Waals surface area contributed by atoms with Crippen molar-refractivity contribution >= 4 is 0 Å². The highest BCUT2D eigenvalue weighted by Crippen LogP contribution is 2.42. The van der Waals surface area contributed by atoms with Gasteiger partial charge in [0, 0.05) is 19.2 Å². The smallest absolute Gasteiger partial charge is 0.0806 e. The second kappa shape index (κ2) is 6.38. The fourth-order valence-electron chi connectivity index (χ4n) is 3.08. The lowest BCUT2D eigenvalue weighted by Crippen LogP contribution is -2.48. The van der Waals surface area contributed by atoms with E-state index in [0.717, 1.165) is 19.1 Å². The molecular formula is C16H33NO. The van der Waals surface area contributed by atoms with Crippen molar-refractivity contribution in [1.29, 1.82) is 0 Å². The lowest BCUT2D eigenvalue weighted by molar-refractivity contribution is -0.0804. The predicted molar refractivity (Wildman–Crippen MR) is 78.9 cm³/mol. The van der Waals surface area contributed by atoms with Gasteiger partial charge in [-0.3, -0.25) is 0 Å². The van der Waals surface area contributed by atoms with Crippen molar-refractivity contribution in [2.24, 2.45) is 11.3 Å². The number of hydrogen-bond acceptors (Lipinski definition) is 2. The fourth-order valence-corrected chi connectivity index (χ4v) is 3.08. The van der Waals surface area contributed by atoms with Gasteiger partial charge < -0.3 is 10.1 Å². The molecule has 1 N–H and O–H groups in total. The van der Waals surface area contributed by atoms with Crippen molar-refractivity contribution in [2.75, 3.05) is 13.2 Å². The number of ether oxygens (including phenoxy) is 1. The first-order chi connectivity index (χ1) is 8.29. The summed E-state index contributed by atoms with van der Waals surface area (Å²) in [5.74, 6) is 0.852. The Kier molecular flexibility index (Phi) is 5.67. The molecule has 0 amide bonds. The molecule has 0 saturated heterocycles. The molecule has 0 bridgehead atoms. The van der Waals surface area contributed by atoms with Crippen LogP contribution in [0.25, 0.3) is 0 Å². The van der Waals surface area contributed by atoms with Crippen molar-refractivity contribution in [1.82, 2.24) is 5.32 Å². The number of rotatable bonds is 5. The van der Waals surface area contributed by atoms with Gasteiger partial charge in [0.05, 0.1) is 5.60 Å². The van der Waals surface area contributed by atoms with Crippen LogP contribution in [0.3, 0.4) is 0 Å². The molecule has 0 atom stereocenters. The van der Waals surface area contributed by atoms with Crippen LogP contribution in [-0.2, 0) is 4.74 Å². The summed E-state index contributed by atoms with van der Waals surface area (Å²) in [6.45, 7) is 15.5. The fraction of sp³-hybridized carbons (Fsp3) is 1.00. The first kappa shape index (κ1) is 16.0. The monoisotopic (exact) mass is 255 g/mol. The molecule has 0 heterocycles. The van der Waals surface area contributed by atoms with Gasteiger partial charge in [-0.05, 0) is 43.9 Å². The largest absolute Gasteiger partial charge is 0.374 e. The summed E-state index contributed by atoms with van der Waals surface area (Å²) in [5.41, 5.74) is 0.546. The van der Waals surface area contributed by atoms with Crippen molar-refractivity contribution in [2.45, 2.75) is 78.9 Å². The zero-order chi connectivity index (χ0) is 13.8. The van der Waals surface area contributed by atoms with Crippen LogP contribution in [0.1, 0.15) is 67.2 Å². The molecule has 2 nitrogen and oxygen atoms in total. The minimum atomic E-state index is 0.0980. The van der Waals surface area contributed by atoms with Crippen molar-refractivity contribution in [3.63, 3.8) is 0 Å². The van der Waals surface area contributed by atoms with E-state index in [-0.39, 0.29) is 5.60 Å². The minimum Gasteiger partial charge on any atom is -0.374 e. The summed E-state index contributed by atoms with van der Waals surface area (Å²) < 4.78 is 6.12. The highest BCUT2D eigenvalue weighted by Gasteiger charge is 2.39. The van der Waals surface area contributed by atoms with Crippen LogP contribution >= 0.6 is 0 Å². The molecule has 0 aromatic rings. The standard InChI is InChI=1S/C16H33NO/c1-7-18-16(12-17-13(2)3)10-8-14(9-11-16)15(4,5)6/h13-14,17H,7-12H2,1-6H3. The van der Waals surface area contributed by atoms with Crippen LogP contribution in [-0.4, -0.2) is 24.8 Å². The van der Waals surface area contributed by atoms with Gasteiger partial charge in [-0.25, -0.2) is 0 Å². The molecule has 1 rings (SSSR count). The molecule has 0 unspecified atom stereocenters. The maximum atomic E-state index is 6.12. The van der Waals surface area contributed by atoms with E-state index in [4.69, 9.17) is 4.74 Å². The molecule has 2 heteroatoms. The van der Waals surface area contributed by atoms with E-state index < -0.39 is 0 Å². The minimum absolute atomic E-state index is 0.0980. The summed E-state index contributed by atoms with van der Waals surface area (Å²) >= 11 is 0. The third-order valence-corrected chi connectivity index (χ3v) is 4.40. The molecule has 0 radical (unpaired) electrons. The van der Waals surface area contributed by atoms with Crippen LogP contribution in [0.5, 0.6) is 0 Å². The summed E-state index contributed by atoms with van der Waals surface area (Å²) in [6.07, 6.45) is 5.04. The third-order valence-electron chi connectivity index (χ3n) is 4.40. The molecule has 18 heavy (non-hydrogen) atoms. The van der Waals surface area contributed by atoms with Crippen molar-refractivity contribution in [3.05, 3.63) is 0 Å². The van der Waals surface area contributed by atoms with Crippen LogP contribution in [0.15, 0.2) is 0 Å². The topological polar surface area (TPSA) is 21.3 Å². The average Bonchev–Trinajstić information content (AvgIpc) is 2.26. The van der Waals surface area contributed by atoms with Crippen LogP contribution in [0.2, 0.25) is 0 Å². The Balaban J connectivity index is 2.56. The third kappa shape index (κ3) is 4.55. The first-order valence-electron chi connectivity index (χ1n) is 7.66. The maximum absolute atomic E-state index is 6.12. The molecule has 0 aromatic carbocycles. The van der Waals surface area contributed by atoms with Crippen molar-refractivity contribution in [3.8, 4) is 0 Å². The molecule has 0 aromatic heterocycles. The predicted octanol–water partition coefficient (Wildman–Crippen LogP) is 4.00. The molecule has 1 fully saturated rings. The Morgan fingerprint density at radius 2 is 1.78 bits per heavy atom. The van der Waals surface area contributed by atoms with Crippen LogP contribution in [0, 0.1) is 11.3 Å². The van der Waals surface area contributed by atoms with Gasteiger partial charge in [0.1, 0.15) is 0 Å². The zero-order valence-electron chi connectivity index (χ0n) is 13.3. The van der Waals surface area contributed by atoms with Gasteiger partial charge in [0.2, 0.25) is 0 Å². The normalized spacial score (nSPS) is 29.8. The molecule has 1 aliphatic rings. The highest BCUT2D eigenvalue weighted by molar-refractivity contribution is 4.92. The van der Waals surface area contributed by atoms with E-state index in [1.165, 1.54) is 25.7 Å². The van der Waals surface area contributed by atoms with Gasteiger partial charge in [0.15, 0.2) is 0 Å². The van der Waals surface area contributed by atoms with Gasteiger partial charge >= 0.3 is 0 Å². The maximum Gasteiger partial charge on any atom is 0.0806 e. The number of nitrogens with one attached hydrogen (secondary N) is 1. The summed E-state index contributed by atoms with van der Waals surface area (Å²) in [7, 11) is 0. The van der Waals surface area contributed by atoms with E-state index in [9.17, 15) is 0 Å². The first-order valence-corrected chi connectivity index (χ1v) is 7.66. The molecule has 1 aliphatic carbocycles.